The number of pyridine rings is 1. The zero-order chi connectivity index (χ0) is 40.1. The van der Waals surface area contributed by atoms with Gasteiger partial charge in [0.1, 0.15) is 47.9 Å². The number of fused-ring (bicyclic) bond motifs is 2. The summed E-state index contributed by atoms with van der Waals surface area (Å²) in [6.45, 7) is 9.59. The van der Waals surface area contributed by atoms with E-state index in [0.29, 0.717) is 29.3 Å². The number of nitrogens with one attached hydrogen (secondary N) is 2. The summed E-state index contributed by atoms with van der Waals surface area (Å²) in [4.78, 5) is 69.3. The van der Waals surface area contributed by atoms with Crippen molar-refractivity contribution < 1.29 is 59.8 Å². The van der Waals surface area contributed by atoms with Crippen LogP contribution >= 0.6 is 23.3 Å². The number of halogens is 1. The first-order chi connectivity index (χ1) is 26.8. The van der Waals surface area contributed by atoms with Gasteiger partial charge in [-0.1, -0.05) is 17.3 Å². The summed E-state index contributed by atoms with van der Waals surface area (Å²) in [6, 6.07) is 9.71. The highest BCUT2D eigenvalue weighted by Gasteiger charge is 2.55. The Balaban J connectivity index is 0.00000620. The lowest BCUT2D eigenvalue weighted by molar-refractivity contribution is -0.665. The van der Waals surface area contributed by atoms with E-state index in [1.165, 1.54) is 16.7 Å². The molecule has 0 spiro atoms. The minimum Gasteiger partial charge on any atom is -1.00 e. The summed E-state index contributed by atoms with van der Waals surface area (Å²) in [5.74, 6) is -1.15. The number of anilines is 1. The van der Waals surface area contributed by atoms with Gasteiger partial charge in [0.25, 0.3) is 11.8 Å². The second-order valence-electron chi connectivity index (χ2n) is 13.9. The van der Waals surface area contributed by atoms with Crippen molar-refractivity contribution in [1.29, 1.82) is 0 Å². The van der Waals surface area contributed by atoms with E-state index in [1.807, 2.05) is 34.5 Å². The molecule has 3 aromatic heterocycles. The molecule has 6 rings (SSSR count). The molecule has 1 fully saturated rings. The van der Waals surface area contributed by atoms with E-state index in [1.54, 1.807) is 65.3 Å². The molecule has 0 bridgehead atoms. The lowest BCUT2D eigenvalue weighted by Gasteiger charge is -2.49. The number of oxime groups is 1. The van der Waals surface area contributed by atoms with E-state index in [-0.39, 0.29) is 65.1 Å². The third-order valence-electron chi connectivity index (χ3n) is 8.27. The fourth-order valence-electron chi connectivity index (χ4n) is 5.91. The van der Waals surface area contributed by atoms with E-state index in [9.17, 15) is 19.2 Å². The number of imidazole rings is 1. The number of carbonyl (C=O) groups excluding carboxylic acids is 4. The Labute approximate surface area is 347 Å². The van der Waals surface area contributed by atoms with Crippen molar-refractivity contribution in [2.75, 3.05) is 24.8 Å². The number of ether oxygens (including phenoxy) is 3. The molecule has 3 atom stereocenters. The molecule has 0 saturated carbocycles. The number of nitrogens with zero attached hydrogens (tertiary/aromatic N) is 7. The predicted octanol–water partition coefficient (Wildman–Crippen LogP) is -0.280. The van der Waals surface area contributed by atoms with Gasteiger partial charge in [0, 0.05) is 28.9 Å². The van der Waals surface area contributed by atoms with Crippen LogP contribution in [0, 0.1) is 0 Å². The van der Waals surface area contributed by atoms with Gasteiger partial charge in [0.15, 0.2) is 11.8 Å². The Morgan fingerprint density at radius 2 is 1.93 bits per heavy atom. The number of aromatic nitrogens is 5. The van der Waals surface area contributed by atoms with Crippen LogP contribution in [0.5, 0.6) is 5.75 Å². The molecule has 1 saturated heterocycles. The third kappa shape index (κ3) is 10.1. The summed E-state index contributed by atoms with van der Waals surface area (Å²) in [6.07, 6.45) is 2.83. The lowest BCUT2D eigenvalue weighted by Crippen LogP contribution is -3.00. The molecule has 4 N–H and O–H groups in total. The number of esters is 1. The molecule has 2 aliphatic rings. The van der Waals surface area contributed by atoms with Gasteiger partial charge in [-0.3, -0.25) is 24.4 Å². The van der Waals surface area contributed by atoms with Crippen molar-refractivity contribution >= 4 is 69.2 Å². The minimum atomic E-state index is -1.04. The molecule has 21 heteroatoms. The topological polar surface area (TPSA) is 218 Å². The van der Waals surface area contributed by atoms with Gasteiger partial charge in [0.2, 0.25) is 16.7 Å². The number of β-lactam (4-membered cyclic amide) rings is 1. The predicted molar refractivity (Wildman–Crippen MR) is 206 cm³/mol. The average molecular weight is 888 g/mol. The van der Waals surface area contributed by atoms with Gasteiger partial charge in [0.05, 0.1) is 20.2 Å². The highest BCUT2D eigenvalue weighted by Crippen LogP contribution is 2.41. The number of thioether (sulfide) groups is 1. The van der Waals surface area contributed by atoms with Crippen LogP contribution in [-0.4, -0.2) is 95.9 Å². The van der Waals surface area contributed by atoms with Crippen LogP contribution < -0.4 is 42.7 Å². The number of hydrogen-bond donors (Lipinski definition) is 3. The SMILES string of the molecule is CCO/N=C(\C(=O)NC1C(=O)N2C(C(=O)OCc3ccc(OC)cc3)=C(C[n+]3cn(C[C@H](C)N)c4cccnc43)CSC12)c1nsc(NC(=O)OC(C)(C)C)n1.[Br-]. The highest BCUT2D eigenvalue weighted by molar-refractivity contribution is 8.00. The van der Waals surface area contributed by atoms with Crippen LogP contribution in [0.3, 0.4) is 0 Å². The van der Waals surface area contributed by atoms with Crippen LogP contribution in [-0.2, 0) is 48.4 Å². The fraction of sp³-hybridized carbons (Fsp3) is 0.417. The Hall–Kier alpha value is -5.12. The highest BCUT2D eigenvalue weighted by atomic mass is 79.9. The molecule has 57 heavy (non-hydrogen) atoms. The largest absolute Gasteiger partial charge is 1.00 e. The van der Waals surface area contributed by atoms with Crippen LogP contribution in [0.25, 0.3) is 11.2 Å². The first-order valence-electron chi connectivity index (χ1n) is 17.7. The molecule has 4 aromatic rings. The van der Waals surface area contributed by atoms with Crippen LogP contribution in [0.2, 0.25) is 0 Å². The normalized spacial score (nSPS) is 17.2. The second kappa shape index (κ2) is 18.4. The van der Waals surface area contributed by atoms with Gasteiger partial charge < -0.3 is 47.1 Å². The standard InChI is InChI=1S/C36H42N10O8S2.BrH/c1-7-53-42-25(28-40-34(56-43-28)41-35(50)54-36(3,4)5)30(47)39-26-31(48)46-27(33(49)52-17-21-10-12-23(51-6)13-11-21)22(18-55-32(26)46)16-45-19-44(15-20(2)37)24-9-8-14-38-29(24)45;/h8-14,19-20,26,32H,7,15-18,37H2,1-6H3,(H-,39,40,41,43,47,50);1H/b42-25-;/t20-,26?,32?;/m0./s1. The summed E-state index contributed by atoms with van der Waals surface area (Å²) in [5, 5.41) is 8.53. The maximum atomic E-state index is 14.0. The van der Waals surface area contributed by atoms with Gasteiger partial charge in [-0.25, -0.2) is 14.2 Å². The fourth-order valence-corrected chi connectivity index (χ4v) is 7.80. The van der Waals surface area contributed by atoms with Crippen molar-refractivity contribution in [3.8, 4) is 5.75 Å². The number of carbonyl (C=O) groups is 4. The minimum absolute atomic E-state index is 0. The van der Waals surface area contributed by atoms with E-state index in [2.05, 4.69) is 30.1 Å². The van der Waals surface area contributed by atoms with Crippen molar-refractivity contribution in [3.63, 3.8) is 0 Å². The molecule has 5 heterocycles. The quantitative estimate of drug-likeness (QED) is 0.0489. The van der Waals surface area contributed by atoms with Crippen LogP contribution in [0.4, 0.5) is 9.93 Å². The Morgan fingerprint density at radius 1 is 1.18 bits per heavy atom. The van der Waals surface area contributed by atoms with Crippen molar-refractivity contribution in [2.45, 2.75) is 77.4 Å². The summed E-state index contributed by atoms with van der Waals surface area (Å²) >= 11 is 2.19. The maximum absolute atomic E-state index is 14.0. The number of amides is 3. The molecule has 18 nitrogen and oxygen atoms in total. The first kappa shape index (κ1) is 43.0. The van der Waals surface area contributed by atoms with Gasteiger partial charge in [-0.05, 0) is 64.4 Å². The van der Waals surface area contributed by atoms with E-state index in [0.717, 1.165) is 22.6 Å². The summed E-state index contributed by atoms with van der Waals surface area (Å²) < 4.78 is 24.4. The molecule has 1 aromatic carbocycles. The number of nitrogens with two attached hydrogens (primary N) is 1. The zero-order valence-corrected chi connectivity index (χ0v) is 35.3. The summed E-state index contributed by atoms with van der Waals surface area (Å²) in [7, 11) is 1.56. The molecule has 0 radical (unpaired) electrons. The lowest BCUT2D eigenvalue weighted by atomic mass is 10.0. The molecule has 304 valence electrons. The molecule has 0 aliphatic carbocycles. The van der Waals surface area contributed by atoms with Crippen molar-refractivity contribution in [2.24, 2.45) is 10.9 Å². The molecular weight excluding hydrogens is 844 g/mol. The zero-order valence-electron chi connectivity index (χ0n) is 32.1. The number of benzene rings is 1. The van der Waals surface area contributed by atoms with Crippen molar-refractivity contribution in [1.82, 2.24) is 29.1 Å². The van der Waals surface area contributed by atoms with Crippen LogP contribution in [0.1, 0.15) is 46.0 Å². The summed E-state index contributed by atoms with van der Waals surface area (Å²) in [5.41, 5.74) is 8.08. The van der Waals surface area contributed by atoms with Crippen LogP contribution in [0.15, 0.2) is 65.3 Å². The second-order valence-corrected chi connectivity index (χ2v) is 15.7. The van der Waals surface area contributed by atoms with E-state index >= 15 is 0 Å². The van der Waals surface area contributed by atoms with Gasteiger partial charge in [-0.15, -0.1) is 16.7 Å². The maximum Gasteiger partial charge on any atom is 0.414 e. The number of rotatable bonds is 14. The van der Waals surface area contributed by atoms with E-state index in [4.69, 9.17) is 24.8 Å². The first-order valence-corrected chi connectivity index (χ1v) is 19.5. The van der Waals surface area contributed by atoms with E-state index < -0.39 is 40.9 Å². The third-order valence-corrected chi connectivity index (χ3v) is 10.2. The molecule has 2 unspecified atom stereocenters. The number of methoxy groups -OCH3 is 1. The molecular formula is C36H43BrN10O8S2. The monoisotopic (exact) mass is 886 g/mol. The smallest absolute Gasteiger partial charge is 0.414 e. The molecule has 2 aliphatic heterocycles. The average Bonchev–Trinajstić information content (AvgIpc) is 3.75. The van der Waals surface area contributed by atoms with Crippen molar-refractivity contribution in [3.05, 3.63) is 71.6 Å². The Morgan fingerprint density at radius 3 is 2.61 bits per heavy atom. The Bertz CT molecular complexity index is 2180. The van der Waals surface area contributed by atoms with Gasteiger partial charge in [-0.2, -0.15) is 9.36 Å². The molecule has 3 amide bonds. The Kier molecular flexibility index (Phi) is 13.9. The number of hydrogen-bond acceptors (Lipinski definition) is 15. The van der Waals surface area contributed by atoms with Gasteiger partial charge >= 0.3 is 17.7 Å².